The van der Waals surface area contributed by atoms with Crippen molar-refractivity contribution in [1.29, 1.82) is 0 Å². The SMILES string of the molecule is Cc1cccc2c1nc(O[C@@H]1C[C@H]3C(=O)N[C@]4(C(=O)NS(=O)(=O)C5(C)CC5)C[C@H]4C=CCCCCC[C@H](Nc4ccccc4)C(=O)N3C1)n2C(C)C. The number of anilines is 1. The topological polar surface area (TPSA) is 152 Å². The van der Waals surface area contributed by atoms with Crippen LogP contribution in [0.15, 0.2) is 60.7 Å². The Morgan fingerprint density at radius 1 is 1.06 bits per heavy atom. The first-order valence-corrected chi connectivity index (χ1v) is 20.1. The van der Waals surface area contributed by atoms with Crippen LogP contribution in [-0.4, -0.2) is 75.6 Å². The van der Waals surface area contributed by atoms with Crippen molar-refractivity contribution in [3.63, 3.8) is 0 Å². The van der Waals surface area contributed by atoms with Gasteiger partial charge in [0.1, 0.15) is 23.7 Å². The number of rotatable bonds is 8. The molecule has 1 saturated heterocycles. The van der Waals surface area contributed by atoms with E-state index in [2.05, 4.69) is 29.2 Å². The van der Waals surface area contributed by atoms with Crippen molar-refractivity contribution in [1.82, 2.24) is 24.5 Å². The minimum atomic E-state index is -3.94. The third-order valence-corrected chi connectivity index (χ3v) is 13.4. The molecule has 3 N–H and O–H groups in total. The average molecular weight is 731 g/mol. The summed E-state index contributed by atoms with van der Waals surface area (Å²) < 4.78 is 36.3. The van der Waals surface area contributed by atoms with Gasteiger partial charge in [0, 0.05) is 24.1 Å². The van der Waals surface area contributed by atoms with Crippen LogP contribution < -0.4 is 20.1 Å². The van der Waals surface area contributed by atoms with Crippen molar-refractivity contribution in [3.8, 4) is 6.01 Å². The number of carbonyl (C=O) groups excluding carboxylic acids is 3. The second-order valence-corrected chi connectivity index (χ2v) is 17.8. The molecule has 4 aliphatic rings. The van der Waals surface area contributed by atoms with Gasteiger partial charge >= 0.3 is 0 Å². The highest BCUT2D eigenvalue weighted by Crippen LogP contribution is 2.47. The number of amides is 3. The van der Waals surface area contributed by atoms with Gasteiger partial charge in [-0.25, -0.2) is 8.42 Å². The molecular weight excluding hydrogens is 681 g/mol. The van der Waals surface area contributed by atoms with Gasteiger partial charge < -0.3 is 20.3 Å². The van der Waals surface area contributed by atoms with Crippen LogP contribution in [0.2, 0.25) is 0 Å². The van der Waals surface area contributed by atoms with Crippen molar-refractivity contribution >= 4 is 44.5 Å². The molecule has 3 amide bonds. The van der Waals surface area contributed by atoms with E-state index in [9.17, 15) is 22.8 Å². The fraction of sp³-hybridized carbons (Fsp3) is 0.538. The van der Waals surface area contributed by atoms with E-state index in [1.807, 2.05) is 72.2 Å². The van der Waals surface area contributed by atoms with Gasteiger partial charge in [0.05, 0.1) is 22.3 Å². The highest BCUT2D eigenvalue weighted by atomic mass is 32.2. The molecule has 7 rings (SSSR count). The van der Waals surface area contributed by atoms with Crippen LogP contribution in [-0.2, 0) is 24.4 Å². The van der Waals surface area contributed by atoms with Crippen molar-refractivity contribution in [2.24, 2.45) is 5.92 Å². The lowest BCUT2D eigenvalue weighted by molar-refractivity contribution is -0.140. The molecule has 0 spiro atoms. The van der Waals surface area contributed by atoms with E-state index in [0.717, 1.165) is 48.0 Å². The quantitative estimate of drug-likeness (QED) is 0.270. The molecule has 13 heteroatoms. The predicted octanol–water partition coefficient (Wildman–Crippen LogP) is 5.15. The van der Waals surface area contributed by atoms with Crippen molar-refractivity contribution in [3.05, 3.63) is 66.2 Å². The molecule has 2 aliphatic carbocycles. The summed E-state index contributed by atoms with van der Waals surface area (Å²) in [5.74, 6) is -1.85. The number of ether oxygens (including phenoxy) is 1. The minimum Gasteiger partial charge on any atom is -0.459 e. The third-order valence-electron chi connectivity index (χ3n) is 11.3. The van der Waals surface area contributed by atoms with Gasteiger partial charge in [0.25, 0.3) is 11.9 Å². The molecule has 3 aromatic rings. The Hall–Kier alpha value is -4.39. The standard InChI is InChI=1S/C39H50N6O6S/c1-25(2)45-31-19-13-14-26(3)33(31)41-37(45)51-29-22-32-34(46)42-39(36(48)43-52(49,50)38(4)20-21-38)23-27(39)15-9-6-5-7-12-18-30(35(47)44(32)24-29)40-28-16-10-8-11-17-28/h8-11,13-17,19,25,27,29-30,32,40H,5-7,12,18,20-24H2,1-4H3,(H,42,46)(H,43,48)/t27-,29-,30+,32+,39-/m1/s1. The second-order valence-electron chi connectivity index (χ2n) is 15.6. The van der Waals surface area contributed by atoms with Crippen LogP contribution >= 0.6 is 0 Å². The first kappa shape index (κ1) is 36.0. The highest BCUT2D eigenvalue weighted by Gasteiger charge is 2.63. The number of allylic oxidation sites excluding steroid dienone is 1. The van der Waals surface area contributed by atoms with E-state index in [-0.39, 0.29) is 37.3 Å². The molecule has 2 aliphatic heterocycles. The maximum absolute atomic E-state index is 14.6. The summed E-state index contributed by atoms with van der Waals surface area (Å²) in [5, 5.41) is 6.40. The molecule has 52 heavy (non-hydrogen) atoms. The fourth-order valence-electron chi connectivity index (χ4n) is 7.65. The van der Waals surface area contributed by atoms with Crippen LogP contribution in [0.4, 0.5) is 5.69 Å². The van der Waals surface area contributed by atoms with Gasteiger partial charge in [-0.05, 0) is 90.0 Å². The number of imidazole rings is 1. The zero-order valence-corrected chi connectivity index (χ0v) is 31.2. The first-order chi connectivity index (χ1) is 24.8. The zero-order chi connectivity index (χ0) is 36.8. The van der Waals surface area contributed by atoms with E-state index in [0.29, 0.717) is 25.3 Å². The molecule has 0 bridgehead atoms. The number of nitrogens with zero attached hydrogens (tertiary/aromatic N) is 3. The van der Waals surface area contributed by atoms with Gasteiger partial charge in [0.2, 0.25) is 21.8 Å². The molecule has 3 fully saturated rings. The summed E-state index contributed by atoms with van der Waals surface area (Å²) in [5.41, 5.74) is 2.15. The molecule has 0 unspecified atom stereocenters. The highest BCUT2D eigenvalue weighted by molar-refractivity contribution is 7.91. The Labute approximate surface area is 305 Å². The van der Waals surface area contributed by atoms with Gasteiger partial charge in [-0.1, -0.05) is 55.3 Å². The van der Waals surface area contributed by atoms with Crippen LogP contribution in [0.25, 0.3) is 11.0 Å². The van der Waals surface area contributed by atoms with E-state index >= 15 is 0 Å². The van der Waals surface area contributed by atoms with Crippen LogP contribution in [0.5, 0.6) is 6.01 Å². The molecule has 278 valence electrons. The summed E-state index contributed by atoms with van der Waals surface area (Å²) in [7, 11) is -3.94. The normalized spacial score (nSPS) is 27.6. The maximum Gasteiger partial charge on any atom is 0.297 e. The number of hydrogen-bond acceptors (Lipinski definition) is 8. The zero-order valence-electron chi connectivity index (χ0n) is 30.4. The molecule has 5 atom stereocenters. The Kier molecular flexibility index (Phi) is 9.60. The van der Waals surface area contributed by atoms with Gasteiger partial charge in [-0.2, -0.15) is 4.98 Å². The number of benzene rings is 2. The molecule has 2 aromatic carbocycles. The first-order valence-electron chi connectivity index (χ1n) is 18.6. The fourth-order valence-corrected chi connectivity index (χ4v) is 8.96. The number of hydrogen-bond donors (Lipinski definition) is 3. The molecule has 12 nitrogen and oxygen atoms in total. The Morgan fingerprint density at radius 3 is 2.56 bits per heavy atom. The van der Waals surface area contributed by atoms with E-state index in [1.165, 1.54) is 0 Å². The Bertz CT molecular complexity index is 1990. The average Bonchev–Trinajstić information content (AvgIpc) is 3.92. The lowest BCUT2D eigenvalue weighted by Crippen LogP contribution is -2.58. The molecule has 2 saturated carbocycles. The lowest BCUT2D eigenvalue weighted by Gasteiger charge is -2.30. The summed E-state index contributed by atoms with van der Waals surface area (Å²) in [4.78, 5) is 49.4. The third kappa shape index (κ3) is 6.91. The van der Waals surface area contributed by atoms with Gasteiger partial charge in [-0.3, -0.25) is 23.7 Å². The van der Waals surface area contributed by atoms with Crippen molar-refractivity contribution < 1.29 is 27.5 Å². The van der Waals surface area contributed by atoms with Gasteiger partial charge in [0.15, 0.2) is 0 Å². The Morgan fingerprint density at radius 2 is 1.83 bits per heavy atom. The summed E-state index contributed by atoms with van der Waals surface area (Å²) in [6.07, 6.45) is 8.70. The molecule has 1 aromatic heterocycles. The Balaban J connectivity index is 1.21. The number of sulfonamides is 1. The van der Waals surface area contributed by atoms with Gasteiger partial charge in [-0.15, -0.1) is 0 Å². The monoisotopic (exact) mass is 730 g/mol. The van der Waals surface area contributed by atoms with E-state index in [4.69, 9.17) is 9.72 Å². The molecule has 3 heterocycles. The summed E-state index contributed by atoms with van der Waals surface area (Å²) >= 11 is 0. The van der Waals surface area contributed by atoms with Crippen molar-refractivity contribution in [2.45, 2.75) is 120 Å². The molecular formula is C39H50N6O6S. The van der Waals surface area contributed by atoms with E-state index in [1.54, 1.807) is 11.8 Å². The number of aromatic nitrogens is 2. The number of fused-ring (bicyclic) bond motifs is 3. The smallest absolute Gasteiger partial charge is 0.297 e. The van der Waals surface area contributed by atoms with Crippen molar-refractivity contribution in [2.75, 3.05) is 11.9 Å². The number of carbonyl (C=O) groups is 3. The van der Waals surface area contributed by atoms with Crippen LogP contribution in [0.1, 0.15) is 90.2 Å². The minimum absolute atomic E-state index is 0.0328. The number of para-hydroxylation sites is 2. The lowest BCUT2D eigenvalue weighted by atomic mass is 10.0. The second kappa shape index (κ2) is 13.9. The van der Waals surface area contributed by atoms with Crippen LogP contribution in [0.3, 0.4) is 0 Å². The largest absolute Gasteiger partial charge is 0.459 e. The molecule has 0 radical (unpaired) electrons. The summed E-state index contributed by atoms with van der Waals surface area (Å²) in [6, 6.07) is 14.4. The number of aryl methyl sites for hydroxylation is 1. The predicted molar refractivity (Wildman–Crippen MR) is 199 cm³/mol. The van der Waals surface area contributed by atoms with E-state index < -0.39 is 50.3 Å². The summed E-state index contributed by atoms with van der Waals surface area (Å²) in [6.45, 7) is 7.87. The number of nitrogens with one attached hydrogen (secondary N) is 3. The maximum atomic E-state index is 14.6. The van der Waals surface area contributed by atoms with Crippen LogP contribution in [0, 0.1) is 12.8 Å².